The Morgan fingerprint density at radius 1 is 1.43 bits per heavy atom. The lowest BCUT2D eigenvalue weighted by molar-refractivity contribution is -0.160. The summed E-state index contributed by atoms with van der Waals surface area (Å²) in [5.41, 5.74) is 5.76. The molecule has 2 N–H and O–H groups in total. The minimum atomic E-state index is -3.79. The average molecular weight is 434 g/mol. The van der Waals surface area contributed by atoms with Gasteiger partial charge in [0.05, 0.1) is 19.6 Å². The summed E-state index contributed by atoms with van der Waals surface area (Å²) in [6.07, 6.45) is -10.3. The van der Waals surface area contributed by atoms with E-state index in [0.29, 0.717) is 11.8 Å². The van der Waals surface area contributed by atoms with E-state index in [1.54, 1.807) is 0 Å². The van der Waals surface area contributed by atoms with Crippen molar-refractivity contribution in [1.82, 2.24) is 4.90 Å². The minimum absolute atomic E-state index is 0.123. The Morgan fingerprint density at radius 3 is 2.87 bits per heavy atom. The van der Waals surface area contributed by atoms with Crippen molar-refractivity contribution in [3.63, 3.8) is 0 Å². The highest BCUT2D eigenvalue weighted by atomic mass is 16.5. The van der Waals surface area contributed by atoms with E-state index in [2.05, 4.69) is 0 Å². The smallest absolute Gasteiger partial charge is 0.323 e. The first-order valence-corrected chi connectivity index (χ1v) is 9.62. The quantitative estimate of drug-likeness (QED) is 0.663. The standard InChI is InChI=1S/C24H38N2O4/c1-14(2)9-17-13-26-8-7-16-10-21(28-5)22(29-6)11-18(16)19(26)12-20(17)30-24(27)23(25)15(3)4/h10-11,14-15,17,19-20,23H,7-9,12-13,25H2,1-6H3/t17?,19?,20?,23-/m0/s1/i1D3,5D3,9D2,12D2,13D2,14D,17D,19D/t14?,17?,19?,20?,23-. The monoisotopic (exact) mass is 433 g/mol. The van der Waals surface area contributed by atoms with Crippen molar-refractivity contribution in [2.45, 2.75) is 65.0 Å². The number of carbonyl (C=O) groups excluding carboxylic acids is 1. The van der Waals surface area contributed by atoms with E-state index >= 15 is 0 Å². The van der Waals surface area contributed by atoms with Gasteiger partial charge in [0.2, 0.25) is 0 Å². The molecule has 0 aliphatic carbocycles. The molecular weight excluding hydrogens is 380 g/mol. The van der Waals surface area contributed by atoms with E-state index in [0.717, 1.165) is 13.2 Å². The zero-order valence-electron chi connectivity index (χ0n) is 32.5. The van der Waals surface area contributed by atoms with Crippen LogP contribution in [0.2, 0.25) is 0 Å². The van der Waals surface area contributed by atoms with Gasteiger partial charge >= 0.3 is 5.97 Å². The second-order valence-electron chi connectivity index (χ2n) is 7.52. The molecular formula is C24H38N2O4. The molecule has 30 heavy (non-hydrogen) atoms. The molecule has 1 aromatic carbocycles. The topological polar surface area (TPSA) is 74.0 Å². The van der Waals surface area contributed by atoms with E-state index in [1.165, 1.54) is 19.9 Å². The molecule has 2 heterocycles. The van der Waals surface area contributed by atoms with Gasteiger partial charge in [0.15, 0.2) is 11.5 Å². The number of benzene rings is 1. The maximum Gasteiger partial charge on any atom is 0.323 e. The fraction of sp³-hybridized carbons (Fsp3) is 0.708. The Balaban J connectivity index is 2.44. The van der Waals surface area contributed by atoms with Crippen LogP contribution in [-0.2, 0) is 16.0 Å². The summed E-state index contributed by atoms with van der Waals surface area (Å²) in [7, 11) is -1.78. The predicted octanol–water partition coefficient (Wildman–Crippen LogP) is 3.56. The van der Waals surface area contributed by atoms with Gasteiger partial charge in [0, 0.05) is 46.4 Å². The second kappa shape index (κ2) is 9.56. The summed E-state index contributed by atoms with van der Waals surface area (Å²) in [4.78, 5) is 13.8. The first-order chi connectivity index (χ1) is 20.0. The van der Waals surface area contributed by atoms with Crippen LogP contribution in [0, 0.1) is 17.7 Å². The molecule has 0 amide bonds. The van der Waals surface area contributed by atoms with E-state index in [9.17, 15) is 13.0 Å². The SMILES string of the molecule is [2H]C([2H])([2H])Oc1cc2c(cc1OC)C1([2H])N(CC2)C([2H])([2H])C([2H])(C([2H])([2H])C([2H])(C)C([2H])([2H])[2H])C(OC(=O)[C@@H](N)C(C)C)C1([2H])[2H]. The lowest BCUT2D eigenvalue weighted by Gasteiger charge is -2.47. The van der Waals surface area contributed by atoms with Crippen molar-refractivity contribution in [3.8, 4) is 11.5 Å². The average Bonchev–Trinajstić information content (AvgIpc) is 2.87. The number of carbonyl (C=O) groups is 1. The Labute approximate surface area is 202 Å². The van der Waals surface area contributed by atoms with Crippen LogP contribution in [0.3, 0.4) is 0 Å². The molecule has 0 spiro atoms. The van der Waals surface area contributed by atoms with Gasteiger partial charge in [0.1, 0.15) is 12.1 Å². The van der Waals surface area contributed by atoms with Gasteiger partial charge in [-0.3, -0.25) is 9.69 Å². The van der Waals surface area contributed by atoms with E-state index in [-0.39, 0.29) is 29.0 Å². The highest BCUT2D eigenvalue weighted by Gasteiger charge is 2.41. The van der Waals surface area contributed by atoms with Crippen LogP contribution in [0.5, 0.6) is 11.5 Å². The molecule has 1 saturated heterocycles. The summed E-state index contributed by atoms with van der Waals surface area (Å²) in [6, 6.07) is -2.15. The van der Waals surface area contributed by atoms with Crippen LogP contribution in [0.1, 0.15) is 78.1 Å². The van der Waals surface area contributed by atoms with Gasteiger partial charge in [-0.05, 0) is 47.9 Å². The van der Waals surface area contributed by atoms with Crippen molar-refractivity contribution in [3.05, 3.63) is 23.3 Å². The number of rotatable bonds is 7. The fourth-order valence-electron chi connectivity index (χ4n) is 3.28. The zero-order chi connectivity index (χ0) is 35.1. The summed E-state index contributed by atoms with van der Waals surface area (Å²) >= 11 is 0. The summed E-state index contributed by atoms with van der Waals surface area (Å²) in [6.45, 7) is -3.89. The van der Waals surface area contributed by atoms with E-state index in [1.807, 2.05) is 0 Å². The molecule has 1 aromatic rings. The minimum Gasteiger partial charge on any atom is -0.493 e. The predicted molar refractivity (Wildman–Crippen MR) is 118 cm³/mol. The van der Waals surface area contributed by atoms with E-state index in [4.69, 9.17) is 32.3 Å². The Kier molecular flexibility index (Phi) is 3.26. The van der Waals surface area contributed by atoms with Gasteiger partial charge < -0.3 is 19.9 Å². The lowest BCUT2D eigenvalue weighted by atomic mass is 9.79. The molecule has 168 valence electrons. The Bertz CT molecular complexity index is 1320. The number of nitrogens with zero attached hydrogens (tertiary/aromatic N) is 1. The molecule has 4 unspecified atom stereocenters. The fourth-order valence-corrected chi connectivity index (χ4v) is 3.28. The lowest BCUT2D eigenvalue weighted by Crippen LogP contribution is -2.51. The first kappa shape index (κ1) is 10.2. The number of ether oxygens (including phenoxy) is 3. The van der Waals surface area contributed by atoms with Gasteiger partial charge in [-0.15, -0.1) is 0 Å². The number of esters is 1. The number of methoxy groups -OCH3 is 2. The second-order valence-corrected chi connectivity index (χ2v) is 7.52. The van der Waals surface area contributed by atoms with Crippen LogP contribution >= 0.6 is 0 Å². The van der Waals surface area contributed by atoms with Crippen molar-refractivity contribution in [2.24, 2.45) is 23.4 Å². The number of hydrogen-bond acceptors (Lipinski definition) is 6. The van der Waals surface area contributed by atoms with Crippen molar-refractivity contribution in [2.75, 3.05) is 27.2 Å². The maximum absolute atomic E-state index is 13.2. The van der Waals surface area contributed by atoms with Crippen LogP contribution in [0.15, 0.2) is 12.1 Å². The molecule has 0 aromatic heterocycles. The van der Waals surface area contributed by atoms with Gasteiger partial charge in [0.25, 0.3) is 0 Å². The number of nitrogens with two attached hydrogens (primary N) is 1. The summed E-state index contributed by atoms with van der Waals surface area (Å²) in [5, 5.41) is 0. The Morgan fingerprint density at radius 2 is 2.20 bits per heavy atom. The molecule has 0 bridgehead atoms. The Hall–Kier alpha value is -1.79. The third kappa shape index (κ3) is 4.75. The highest BCUT2D eigenvalue weighted by Crippen LogP contribution is 2.44. The third-order valence-corrected chi connectivity index (χ3v) is 4.96. The van der Waals surface area contributed by atoms with Crippen molar-refractivity contribution in [1.29, 1.82) is 0 Å². The molecule has 0 radical (unpaired) electrons. The number of hydrogen-bond donors (Lipinski definition) is 1. The molecule has 5 atom stereocenters. The summed E-state index contributed by atoms with van der Waals surface area (Å²) in [5.74, 6) is -9.51. The molecule has 2 aliphatic rings. The highest BCUT2D eigenvalue weighted by molar-refractivity contribution is 5.76. The van der Waals surface area contributed by atoms with Crippen LogP contribution < -0.4 is 15.2 Å². The molecule has 3 rings (SSSR count). The normalized spacial score (nSPS) is 43.8. The molecule has 0 saturated carbocycles. The van der Waals surface area contributed by atoms with Crippen LogP contribution in [0.4, 0.5) is 0 Å². The van der Waals surface area contributed by atoms with Crippen LogP contribution in [-0.4, -0.2) is 50.2 Å². The maximum atomic E-state index is 13.2. The van der Waals surface area contributed by atoms with Crippen LogP contribution in [0.25, 0.3) is 0 Å². The number of fused-ring (bicyclic) bond motifs is 3. The largest absolute Gasteiger partial charge is 0.493 e. The van der Waals surface area contributed by atoms with Gasteiger partial charge in [-0.25, -0.2) is 0 Å². The first-order valence-electron chi connectivity index (χ1n) is 17.1. The zero-order valence-corrected chi connectivity index (χ0v) is 17.5. The van der Waals surface area contributed by atoms with E-state index < -0.39 is 81.5 Å². The van der Waals surface area contributed by atoms with Crippen molar-refractivity contribution >= 4 is 5.97 Å². The summed E-state index contributed by atoms with van der Waals surface area (Å²) < 4.78 is 144. The third-order valence-electron chi connectivity index (χ3n) is 4.96. The van der Waals surface area contributed by atoms with Crippen molar-refractivity contribution < 1.29 is 39.6 Å². The van der Waals surface area contributed by atoms with Gasteiger partial charge in [-0.1, -0.05) is 27.6 Å². The molecule has 1 fully saturated rings. The molecule has 2 aliphatic heterocycles. The molecule has 6 heteroatoms. The van der Waals surface area contributed by atoms with Gasteiger partial charge in [-0.2, -0.15) is 0 Å². The molecule has 6 nitrogen and oxygen atoms in total. The number of piperidine rings is 1.